The maximum atomic E-state index is 12.8. The number of rotatable bonds is 3. The van der Waals surface area contributed by atoms with E-state index < -0.39 is 0 Å². The summed E-state index contributed by atoms with van der Waals surface area (Å²) in [6, 6.07) is 7.52. The summed E-state index contributed by atoms with van der Waals surface area (Å²) in [5.74, 6) is 1.28. The van der Waals surface area contributed by atoms with E-state index >= 15 is 0 Å². The molecule has 1 aromatic carbocycles. The lowest BCUT2D eigenvalue weighted by Gasteiger charge is -2.19. The highest BCUT2D eigenvalue weighted by Gasteiger charge is 2.38. The van der Waals surface area contributed by atoms with Gasteiger partial charge in [-0.05, 0) is 44.7 Å². The summed E-state index contributed by atoms with van der Waals surface area (Å²) in [6.45, 7) is 9.66. The first-order chi connectivity index (χ1) is 13.4. The number of hydrogen-bond donors (Lipinski definition) is 1. The maximum absolute atomic E-state index is 12.8. The van der Waals surface area contributed by atoms with Gasteiger partial charge in [0.25, 0.3) is 12.4 Å². The van der Waals surface area contributed by atoms with E-state index in [1.165, 1.54) is 4.80 Å². The van der Waals surface area contributed by atoms with Crippen molar-refractivity contribution in [3.8, 4) is 5.69 Å². The Bertz CT molecular complexity index is 788. The number of fused-ring (bicyclic) bond motifs is 1. The average molecular weight is 385 g/mol. The third-order valence-electron chi connectivity index (χ3n) is 4.85. The highest BCUT2D eigenvalue weighted by Crippen LogP contribution is 2.28. The molecule has 0 aliphatic carbocycles. The lowest BCUT2D eigenvalue weighted by Crippen LogP contribution is -2.32. The third-order valence-corrected chi connectivity index (χ3v) is 4.85. The number of hydrogen-bond acceptors (Lipinski definition) is 6. The van der Waals surface area contributed by atoms with Crippen LogP contribution in [0.25, 0.3) is 5.69 Å². The summed E-state index contributed by atoms with van der Waals surface area (Å²) in [6.07, 6.45) is 3.24. The van der Waals surface area contributed by atoms with Crippen LogP contribution in [0.1, 0.15) is 31.1 Å². The van der Waals surface area contributed by atoms with Crippen LogP contribution in [0.2, 0.25) is 0 Å². The third kappa shape index (κ3) is 4.75. The van der Waals surface area contributed by atoms with E-state index in [9.17, 15) is 9.59 Å². The standard InChI is InChI=1S/C15H17N5O.C5H10O2/c21-15(19-9-11-7-16-8-12(11)10-19)13-3-1-2-4-14(13)20-17-5-6-18-20;1-5(2,3)7-4-6/h1-6,11-12,16H,7-10H2;4H,1-3H3. The van der Waals surface area contributed by atoms with Crippen molar-refractivity contribution in [2.45, 2.75) is 26.4 Å². The zero-order valence-electron chi connectivity index (χ0n) is 16.5. The molecule has 8 nitrogen and oxygen atoms in total. The van der Waals surface area contributed by atoms with E-state index in [-0.39, 0.29) is 11.5 Å². The Morgan fingerprint density at radius 3 is 2.29 bits per heavy atom. The topological polar surface area (TPSA) is 89.4 Å². The van der Waals surface area contributed by atoms with Gasteiger partial charge in [0.15, 0.2) is 0 Å². The van der Waals surface area contributed by atoms with E-state index in [4.69, 9.17) is 0 Å². The number of ether oxygens (including phenoxy) is 1. The predicted molar refractivity (Wildman–Crippen MR) is 104 cm³/mol. The fourth-order valence-electron chi connectivity index (χ4n) is 3.50. The van der Waals surface area contributed by atoms with Gasteiger partial charge in [0.05, 0.1) is 23.6 Å². The van der Waals surface area contributed by atoms with Crippen LogP contribution in [0, 0.1) is 11.8 Å². The van der Waals surface area contributed by atoms with Crippen LogP contribution in [0.4, 0.5) is 0 Å². The van der Waals surface area contributed by atoms with Gasteiger partial charge in [-0.2, -0.15) is 15.0 Å². The Kier molecular flexibility index (Phi) is 6.08. The number of carbonyl (C=O) groups excluding carboxylic acids is 2. The molecule has 2 fully saturated rings. The summed E-state index contributed by atoms with van der Waals surface area (Å²) in [7, 11) is 0. The molecule has 3 heterocycles. The van der Waals surface area contributed by atoms with Gasteiger partial charge < -0.3 is 15.0 Å². The molecule has 2 saturated heterocycles. The largest absolute Gasteiger partial charge is 0.462 e. The second kappa shape index (κ2) is 8.52. The molecular weight excluding hydrogens is 358 g/mol. The Hall–Kier alpha value is -2.74. The monoisotopic (exact) mass is 385 g/mol. The van der Waals surface area contributed by atoms with Gasteiger partial charge in [0, 0.05) is 26.2 Å². The molecule has 4 rings (SSSR count). The Labute approximate surface area is 164 Å². The van der Waals surface area contributed by atoms with Crippen molar-refractivity contribution in [2.75, 3.05) is 26.2 Å². The molecule has 1 N–H and O–H groups in total. The smallest absolute Gasteiger partial charge is 0.293 e. The quantitative estimate of drug-likeness (QED) is 0.806. The van der Waals surface area contributed by atoms with Crippen molar-refractivity contribution in [3.05, 3.63) is 42.2 Å². The first-order valence-electron chi connectivity index (χ1n) is 9.46. The molecular formula is C20H27N5O3. The first kappa shape index (κ1) is 20.0. The number of nitrogens with one attached hydrogen (secondary N) is 1. The molecule has 0 saturated carbocycles. The molecule has 1 aromatic heterocycles. The van der Waals surface area contributed by atoms with Gasteiger partial charge in [0.2, 0.25) is 0 Å². The van der Waals surface area contributed by atoms with Gasteiger partial charge in [0.1, 0.15) is 5.60 Å². The fourth-order valence-corrected chi connectivity index (χ4v) is 3.50. The molecule has 150 valence electrons. The van der Waals surface area contributed by atoms with Crippen LogP contribution < -0.4 is 5.32 Å². The van der Waals surface area contributed by atoms with Crippen LogP contribution in [-0.2, 0) is 9.53 Å². The van der Waals surface area contributed by atoms with Gasteiger partial charge in [-0.1, -0.05) is 12.1 Å². The molecule has 2 aliphatic rings. The van der Waals surface area contributed by atoms with Crippen LogP contribution in [0.3, 0.4) is 0 Å². The summed E-state index contributed by atoms with van der Waals surface area (Å²) in [5.41, 5.74) is 1.09. The van der Waals surface area contributed by atoms with Crippen molar-refractivity contribution in [1.82, 2.24) is 25.2 Å². The zero-order chi connectivity index (χ0) is 20.1. The molecule has 2 aliphatic heterocycles. The van der Waals surface area contributed by atoms with Crippen molar-refractivity contribution >= 4 is 12.4 Å². The predicted octanol–water partition coefficient (Wildman–Crippen LogP) is 1.52. The minimum Gasteiger partial charge on any atom is -0.462 e. The molecule has 2 unspecified atom stereocenters. The first-order valence-corrected chi connectivity index (χ1v) is 9.46. The Morgan fingerprint density at radius 2 is 1.75 bits per heavy atom. The van der Waals surface area contributed by atoms with Gasteiger partial charge in [-0.3, -0.25) is 9.59 Å². The van der Waals surface area contributed by atoms with Crippen molar-refractivity contribution in [1.29, 1.82) is 0 Å². The van der Waals surface area contributed by atoms with E-state index in [1.807, 2.05) is 49.9 Å². The molecule has 28 heavy (non-hydrogen) atoms. The van der Waals surface area contributed by atoms with E-state index in [0.717, 1.165) is 31.9 Å². The molecule has 0 radical (unpaired) electrons. The number of carbonyl (C=O) groups is 2. The van der Waals surface area contributed by atoms with Crippen molar-refractivity contribution in [3.63, 3.8) is 0 Å². The number of amides is 1. The second-order valence-corrected chi connectivity index (χ2v) is 8.05. The molecule has 8 heteroatoms. The van der Waals surface area contributed by atoms with Crippen LogP contribution in [0.5, 0.6) is 0 Å². The lowest BCUT2D eigenvalue weighted by molar-refractivity contribution is -0.138. The molecule has 2 atom stereocenters. The number of para-hydroxylation sites is 1. The van der Waals surface area contributed by atoms with Crippen LogP contribution >= 0.6 is 0 Å². The van der Waals surface area contributed by atoms with E-state index in [2.05, 4.69) is 20.3 Å². The SMILES string of the molecule is CC(C)(C)OC=O.O=C(c1ccccc1-n1nccn1)N1CC2CNCC2C1. The summed E-state index contributed by atoms with van der Waals surface area (Å²) in [5, 5.41) is 11.7. The molecule has 2 aromatic rings. The average Bonchev–Trinajstić information content (AvgIpc) is 3.37. The van der Waals surface area contributed by atoms with Crippen LogP contribution in [0.15, 0.2) is 36.7 Å². The van der Waals surface area contributed by atoms with Crippen molar-refractivity contribution in [2.24, 2.45) is 11.8 Å². The molecule has 0 spiro atoms. The van der Waals surface area contributed by atoms with E-state index in [0.29, 0.717) is 23.9 Å². The fraction of sp³-hybridized carbons (Fsp3) is 0.500. The van der Waals surface area contributed by atoms with Gasteiger partial charge >= 0.3 is 0 Å². The molecule has 0 bridgehead atoms. The summed E-state index contributed by atoms with van der Waals surface area (Å²) >= 11 is 0. The number of nitrogens with zero attached hydrogens (tertiary/aromatic N) is 4. The van der Waals surface area contributed by atoms with Gasteiger partial charge in [-0.15, -0.1) is 0 Å². The van der Waals surface area contributed by atoms with Gasteiger partial charge in [-0.25, -0.2) is 0 Å². The Morgan fingerprint density at radius 1 is 1.14 bits per heavy atom. The maximum Gasteiger partial charge on any atom is 0.293 e. The van der Waals surface area contributed by atoms with E-state index in [1.54, 1.807) is 12.4 Å². The van der Waals surface area contributed by atoms with Crippen molar-refractivity contribution < 1.29 is 14.3 Å². The van der Waals surface area contributed by atoms with Crippen LogP contribution in [-0.4, -0.2) is 64.1 Å². The minimum atomic E-state index is -0.318. The lowest BCUT2D eigenvalue weighted by atomic mass is 10.0. The highest BCUT2D eigenvalue weighted by molar-refractivity contribution is 5.97. The normalized spacial score (nSPS) is 20.9. The number of benzene rings is 1. The zero-order valence-corrected chi connectivity index (χ0v) is 16.5. The molecule has 1 amide bonds. The number of likely N-dealkylation sites (tertiary alicyclic amines) is 1. The minimum absolute atomic E-state index is 0.0808. The summed E-state index contributed by atoms with van der Waals surface area (Å²) in [4.78, 5) is 25.9. The Balaban J connectivity index is 0.000000279. The second-order valence-electron chi connectivity index (χ2n) is 8.05. The summed E-state index contributed by atoms with van der Waals surface area (Å²) < 4.78 is 4.55. The highest BCUT2D eigenvalue weighted by atomic mass is 16.5. The number of aromatic nitrogens is 3.